The first-order chi connectivity index (χ1) is 21.4. The average Bonchev–Trinajstić information content (AvgIpc) is 3.62. The molecule has 1 atom stereocenters. The summed E-state index contributed by atoms with van der Waals surface area (Å²) < 4.78 is 19.8. The minimum atomic E-state index is -0.906. The van der Waals surface area contributed by atoms with Crippen LogP contribution in [0.5, 0.6) is 5.75 Å². The summed E-state index contributed by atoms with van der Waals surface area (Å²) in [6.45, 7) is 2.41. The zero-order chi connectivity index (χ0) is 30.6. The summed E-state index contributed by atoms with van der Waals surface area (Å²) in [6.07, 6.45) is 0. The normalized spacial score (nSPS) is 16.0. The number of carbonyl (C=O) groups excluding carboxylic acids is 2. The number of aryl methyl sites for hydroxylation is 1. The van der Waals surface area contributed by atoms with E-state index >= 15 is 0 Å². The van der Waals surface area contributed by atoms with E-state index in [-0.39, 0.29) is 22.3 Å². The van der Waals surface area contributed by atoms with Gasteiger partial charge in [0.25, 0.3) is 5.78 Å². The van der Waals surface area contributed by atoms with E-state index in [0.717, 1.165) is 16.7 Å². The van der Waals surface area contributed by atoms with Crippen LogP contribution in [0.25, 0.3) is 5.76 Å². The van der Waals surface area contributed by atoms with Crippen molar-refractivity contribution in [2.75, 3.05) is 4.90 Å². The third-order valence-electron chi connectivity index (χ3n) is 7.05. The lowest BCUT2D eigenvalue weighted by molar-refractivity contribution is -0.132. The number of Topliss-reactive ketones (excluding diaryl/α,β-unsaturated/α-hetero) is 1. The van der Waals surface area contributed by atoms with E-state index in [1.165, 1.54) is 40.1 Å². The number of hydrogen-bond donors (Lipinski definition) is 1. The fourth-order valence-corrected chi connectivity index (χ4v) is 6.72. The lowest BCUT2D eigenvalue weighted by atomic mass is 9.95. The molecule has 0 bridgehead atoms. The summed E-state index contributed by atoms with van der Waals surface area (Å²) >= 11 is 2.56. The standard InChI is InChI=1S/C34H26FN3O4S2/c1-21-6-5-7-23(18-21)19-42-27-16-12-25(13-17-27)30(39)28-29(24-8-3-2-4-9-24)38(32(41)31(28)40)33-36-37-34(44-33)43-20-22-10-14-26(35)15-11-22/h2-18,29,39H,19-20H2,1H3. The SMILES string of the molecule is Cc1cccc(COc2ccc(C(O)=C3C(=O)C(=O)N(c4nnc(SCc5ccc(F)cc5)s4)C3c3ccccc3)cc2)c1. The molecular weight excluding hydrogens is 598 g/mol. The van der Waals surface area contributed by atoms with Crippen molar-refractivity contribution in [1.82, 2.24) is 10.2 Å². The molecule has 1 N–H and O–H groups in total. The molecule has 1 aromatic heterocycles. The minimum absolute atomic E-state index is 0.0367. The predicted molar refractivity (Wildman–Crippen MR) is 169 cm³/mol. The number of amides is 1. The molecule has 0 saturated carbocycles. The van der Waals surface area contributed by atoms with Crippen LogP contribution in [0.1, 0.15) is 33.9 Å². The molecule has 1 amide bonds. The fraction of sp³-hybridized carbons (Fsp3) is 0.118. The molecule has 44 heavy (non-hydrogen) atoms. The van der Waals surface area contributed by atoms with Crippen LogP contribution in [0, 0.1) is 12.7 Å². The summed E-state index contributed by atoms with van der Waals surface area (Å²) in [5.74, 6) is -1.09. The van der Waals surface area contributed by atoms with E-state index in [9.17, 15) is 19.1 Å². The maximum atomic E-state index is 13.5. The van der Waals surface area contributed by atoms with Crippen LogP contribution in [0.4, 0.5) is 9.52 Å². The van der Waals surface area contributed by atoms with E-state index in [1.54, 1.807) is 60.7 Å². The maximum Gasteiger partial charge on any atom is 0.301 e. The Bertz CT molecular complexity index is 1840. The molecule has 1 unspecified atom stereocenters. The first kappa shape index (κ1) is 29.3. The van der Waals surface area contributed by atoms with Crippen molar-refractivity contribution in [2.45, 2.75) is 29.7 Å². The number of aromatic nitrogens is 2. The molecule has 0 spiro atoms. The predicted octanol–water partition coefficient (Wildman–Crippen LogP) is 7.48. The Labute approximate surface area is 261 Å². The minimum Gasteiger partial charge on any atom is -0.507 e. The number of thioether (sulfide) groups is 1. The van der Waals surface area contributed by atoms with Crippen LogP contribution in [0.15, 0.2) is 113 Å². The van der Waals surface area contributed by atoms with Crippen LogP contribution in [0.2, 0.25) is 0 Å². The van der Waals surface area contributed by atoms with E-state index < -0.39 is 17.7 Å². The Morgan fingerprint density at radius 2 is 1.68 bits per heavy atom. The largest absolute Gasteiger partial charge is 0.507 e. The number of ketones is 1. The number of halogens is 1. The Kier molecular flexibility index (Phi) is 8.53. The van der Waals surface area contributed by atoms with Gasteiger partial charge in [0.1, 0.15) is 23.9 Å². The number of benzene rings is 4. The quantitative estimate of drug-likeness (QED) is 0.0598. The second-order valence-corrected chi connectivity index (χ2v) is 12.3. The van der Waals surface area contributed by atoms with Gasteiger partial charge in [0.2, 0.25) is 5.13 Å². The van der Waals surface area contributed by atoms with Gasteiger partial charge in [-0.25, -0.2) is 4.39 Å². The van der Waals surface area contributed by atoms with Gasteiger partial charge in [-0.1, -0.05) is 95.4 Å². The fourth-order valence-electron chi connectivity index (χ4n) is 4.90. The number of aliphatic hydroxyl groups is 1. The summed E-state index contributed by atoms with van der Waals surface area (Å²) in [7, 11) is 0. The molecule has 6 rings (SSSR count). The van der Waals surface area contributed by atoms with Crippen molar-refractivity contribution in [3.8, 4) is 5.75 Å². The highest BCUT2D eigenvalue weighted by Gasteiger charge is 2.48. The van der Waals surface area contributed by atoms with E-state index in [0.29, 0.717) is 33.6 Å². The zero-order valence-electron chi connectivity index (χ0n) is 23.5. The molecule has 1 saturated heterocycles. The number of anilines is 1. The molecule has 0 radical (unpaired) electrons. The number of rotatable bonds is 9. The Hall–Kier alpha value is -4.80. The smallest absolute Gasteiger partial charge is 0.301 e. The Morgan fingerprint density at radius 1 is 0.932 bits per heavy atom. The molecule has 4 aromatic carbocycles. The van der Waals surface area contributed by atoms with Crippen LogP contribution in [-0.4, -0.2) is 27.0 Å². The Balaban J connectivity index is 1.27. The summed E-state index contributed by atoms with van der Waals surface area (Å²) in [5.41, 5.74) is 4.06. The summed E-state index contributed by atoms with van der Waals surface area (Å²) in [4.78, 5) is 28.2. The van der Waals surface area contributed by atoms with Crippen molar-refractivity contribution in [2.24, 2.45) is 0 Å². The number of ether oxygens (including phenoxy) is 1. The van der Waals surface area contributed by atoms with Gasteiger partial charge in [-0.3, -0.25) is 14.5 Å². The van der Waals surface area contributed by atoms with Crippen LogP contribution < -0.4 is 9.64 Å². The summed E-state index contributed by atoms with van der Waals surface area (Å²) in [5, 5.41) is 20.1. The third kappa shape index (κ3) is 6.27. The topological polar surface area (TPSA) is 92.6 Å². The van der Waals surface area contributed by atoms with Gasteiger partial charge in [0.15, 0.2) is 4.34 Å². The lowest BCUT2D eigenvalue weighted by Crippen LogP contribution is -2.29. The van der Waals surface area contributed by atoms with Crippen molar-refractivity contribution in [3.63, 3.8) is 0 Å². The van der Waals surface area contributed by atoms with E-state index in [1.807, 2.05) is 37.3 Å². The van der Waals surface area contributed by atoms with Crippen LogP contribution in [0.3, 0.4) is 0 Å². The molecule has 10 heteroatoms. The monoisotopic (exact) mass is 623 g/mol. The van der Waals surface area contributed by atoms with Crippen molar-refractivity contribution in [3.05, 3.63) is 142 Å². The van der Waals surface area contributed by atoms with Crippen molar-refractivity contribution < 1.29 is 23.8 Å². The number of hydrogen-bond acceptors (Lipinski definition) is 8. The van der Waals surface area contributed by atoms with Gasteiger partial charge in [0, 0.05) is 11.3 Å². The van der Waals surface area contributed by atoms with Gasteiger partial charge in [0.05, 0.1) is 11.6 Å². The first-order valence-corrected chi connectivity index (χ1v) is 15.5. The van der Waals surface area contributed by atoms with Gasteiger partial charge in [-0.2, -0.15) is 0 Å². The van der Waals surface area contributed by atoms with Crippen molar-refractivity contribution >= 4 is 45.7 Å². The highest BCUT2D eigenvalue weighted by Crippen LogP contribution is 2.44. The summed E-state index contributed by atoms with van der Waals surface area (Å²) in [6, 6.07) is 29.1. The highest BCUT2D eigenvalue weighted by atomic mass is 32.2. The number of aliphatic hydroxyl groups excluding tert-OH is 1. The van der Waals surface area contributed by atoms with Gasteiger partial charge < -0.3 is 9.84 Å². The van der Waals surface area contributed by atoms with E-state index in [2.05, 4.69) is 10.2 Å². The molecule has 220 valence electrons. The van der Waals surface area contributed by atoms with E-state index in [4.69, 9.17) is 4.74 Å². The average molecular weight is 624 g/mol. The molecule has 5 aromatic rings. The van der Waals surface area contributed by atoms with Crippen LogP contribution >= 0.6 is 23.1 Å². The van der Waals surface area contributed by atoms with Gasteiger partial charge >= 0.3 is 5.91 Å². The zero-order valence-corrected chi connectivity index (χ0v) is 25.1. The molecule has 7 nitrogen and oxygen atoms in total. The second kappa shape index (κ2) is 12.8. The second-order valence-electron chi connectivity index (χ2n) is 10.1. The molecule has 1 aliphatic rings. The first-order valence-electron chi connectivity index (χ1n) is 13.7. The highest BCUT2D eigenvalue weighted by molar-refractivity contribution is 8.00. The number of carbonyl (C=O) groups is 2. The lowest BCUT2D eigenvalue weighted by Gasteiger charge is -2.22. The maximum absolute atomic E-state index is 13.5. The van der Waals surface area contributed by atoms with Gasteiger partial charge in [-0.05, 0) is 60.0 Å². The van der Waals surface area contributed by atoms with Crippen LogP contribution in [-0.2, 0) is 21.9 Å². The molecule has 1 aliphatic heterocycles. The molecule has 2 heterocycles. The molecule has 0 aliphatic carbocycles. The van der Waals surface area contributed by atoms with Crippen molar-refractivity contribution in [1.29, 1.82) is 0 Å². The number of nitrogens with zero attached hydrogens (tertiary/aromatic N) is 3. The molecule has 1 fully saturated rings. The van der Waals surface area contributed by atoms with Gasteiger partial charge in [-0.15, -0.1) is 10.2 Å². The third-order valence-corrected chi connectivity index (χ3v) is 9.18. The Morgan fingerprint density at radius 3 is 2.41 bits per heavy atom. The molecular formula is C34H26FN3O4S2.